The molecule has 0 radical (unpaired) electrons. The molecule has 0 heterocycles. The van der Waals surface area contributed by atoms with Crippen molar-refractivity contribution in [1.29, 1.82) is 0 Å². The molecule has 0 unspecified atom stereocenters. The van der Waals surface area contributed by atoms with E-state index in [2.05, 4.69) is 56.8 Å². The third-order valence-corrected chi connectivity index (χ3v) is 2.77. The van der Waals surface area contributed by atoms with Crippen LogP contribution in [0.2, 0.25) is 0 Å². The van der Waals surface area contributed by atoms with Crippen molar-refractivity contribution in [2.24, 2.45) is 5.92 Å². The van der Waals surface area contributed by atoms with E-state index in [4.69, 9.17) is 0 Å². The summed E-state index contributed by atoms with van der Waals surface area (Å²) in [5.41, 5.74) is 7.63. The molecule has 14 heavy (non-hydrogen) atoms. The normalized spacial score (nSPS) is 24.4. The highest BCUT2D eigenvalue weighted by molar-refractivity contribution is 5.44. The largest absolute Gasteiger partial charge is 0.122 e. The second kappa shape index (κ2) is 3.48. The summed E-state index contributed by atoms with van der Waals surface area (Å²) >= 11 is 0. The van der Waals surface area contributed by atoms with Crippen molar-refractivity contribution >= 4 is 0 Å². The van der Waals surface area contributed by atoms with Gasteiger partial charge in [0.05, 0.1) is 0 Å². The molecule has 0 aromatic heterocycles. The molecule has 72 valence electrons. The monoisotopic (exact) mass is 184 g/mol. The van der Waals surface area contributed by atoms with Crippen LogP contribution in [0.15, 0.2) is 47.2 Å². The molecule has 1 aliphatic carbocycles. The summed E-state index contributed by atoms with van der Waals surface area (Å²) < 4.78 is 0. The van der Waals surface area contributed by atoms with Crippen LogP contribution >= 0.6 is 0 Å². The Kier molecular flexibility index (Phi) is 2.31. The number of hydrogen-bond acceptors (Lipinski definition) is 0. The Morgan fingerprint density at radius 2 is 1.79 bits per heavy atom. The Bertz CT molecular complexity index is 387. The van der Waals surface area contributed by atoms with Gasteiger partial charge < -0.3 is 0 Å². The van der Waals surface area contributed by atoms with Crippen molar-refractivity contribution in [3.63, 3.8) is 0 Å². The maximum absolute atomic E-state index is 3.45. The fourth-order valence-corrected chi connectivity index (χ4v) is 2.00. The van der Waals surface area contributed by atoms with E-state index in [0.29, 0.717) is 11.8 Å². The Morgan fingerprint density at radius 1 is 1.14 bits per heavy atom. The van der Waals surface area contributed by atoms with E-state index >= 15 is 0 Å². The second-order valence-electron chi connectivity index (χ2n) is 4.26. The molecule has 2 atom stereocenters. The topological polar surface area (TPSA) is 0 Å². The van der Waals surface area contributed by atoms with Gasteiger partial charge in [-0.15, -0.1) is 5.73 Å². The van der Waals surface area contributed by atoms with Gasteiger partial charge in [-0.3, -0.25) is 0 Å². The van der Waals surface area contributed by atoms with Crippen LogP contribution in [0.25, 0.3) is 0 Å². The summed E-state index contributed by atoms with van der Waals surface area (Å²) in [6, 6.07) is 10.7. The van der Waals surface area contributed by atoms with Crippen molar-refractivity contribution in [2.45, 2.75) is 26.7 Å². The van der Waals surface area contributed by atoms with Crippen LogP contribution < -0.4 is 0 Å². The summed E-state index contributed by atoms with van der Waals surface area (Å²) in [6.07, 6.45) is 0. The summed E-state index contributed by atoms with van der Waals surface area (Å²) in [5.74, 6) is 1.32. The second-order valence-corrected chi connectivity index (χ2v) is 4.26. The Labute approximate surface area is 86.0 Å². The lowest BCUT2D eigenvalue weighted by Crippen LogP contribution is -1.77. The van der Waals surface area contributed by atoms with Crippen molar-refractivity contribution in [1.82, 2.24) is 0 Å². The van der Waals surface area contributed by atoms with Gasteiger partial charge in [-0.25, -0.2) is 0 Å². The average Bonchev–Trinajstić information content (AvgIpc) is 2.77. The first-order valence-corrected chi connectivity index (χ1v) is 5.19. The first kappa shape index (κ1) is 9.30. The SMILES string of the molecule is CC(C)=C=C1[C@@H](C)[C@H]1c1ccccc1. The fraction of sp³-hybridized carbons (Fsp3) is 0.357. The van der Waals surface area contributed by atoms with Crippen LogP contribution in [0.4, 0.5) is 0 Å². The molecule has 0 spiro atoms. The van der Waals surface area contributed by atoms with E-state index in [1.165, 1.54) is 16.7 Å². The molecule has 0 bridgehead atoms. The number of allylic oxidation sites excluding steroid dienone is 1. The molecule has 1 aromatic carbocycles. The van der Waals surface area contributed by atoms with Gasteiger partial charge in [0.2, 0.25) is 0 Å². The quantitative estimate of drug-likeness (QED) is 0.580. The van der Waals surface area contributed by atoms with Crippen molar-refractivity contribution in [2.75, 3.05) is 0 Å². The highest BCUT2D eigenvalue weighted by atomic mass is 14.4. The molecule has 1 fully saturated rings. The van der Waals surface area contributed by atoms with Gasteiger partial charge in [-0.1, -0.05) is 37.3 Å². The minimum absolute atomic E-state index is 0.631. The first-order chi connectivity index (χ1) is 6.70. The van der Waals surface area contributed by atoms with Gasteiger partial charge in [-0.2, -0.15) is 0 Å². The molecule has 0 amide bonds. The highest BCUT2D eigenvalue weighted by Gasteiger charge is 2.41. The van der Waals surface area contributed by atoms with E-state index < -0.39 is 0 Å². The summed E-state index contributed by atoms with van der Waals surface area (Å²) in [4.78, 5) is 0. The van der Waals surface area contributed by atoms with E-state index in [1.807, 2.05) is 0 Å². The molecule has 0 nitrogen and oxygen atoms in total. The summed E-state index contributed by atoms with van der Waals surface area (Å²) in [6.45, 7) is 6.50. The average molecular weight is 184 g/mol. The van der Waals surface area contributed by atoms with Crippen LogP contribution in [0.5, 0.6) is 0 Å². The molecule has 0 aliphatic heterocycles. The third-order valence-electron chi connectivity index (χ3n) is 2.77. The van der Waals surface area contributed by atoms with Crippen LogP contribution in [-0.2, 0) is 0 Å². The summed E-state index contributed by atoms with van der Waals surface area (Å²) in [5, 5.41) is 0. The van der Waals surface area contributed by atoms with E-state index in [-0.39, 0.29) is 0 Å². The molecule has 0 N–H and O–H groups in total. The van der Waals surface area contributed by atoms with E-state index in [9.17, 15) is 0 Å². The van der Waals surface area contributed by atoms with Gasteiger partial charge in [0, 0.05) is 5.92 Å². The Morgan fingerprint density at radius 3 is 2.36 bits per heavy atom. The van der Waals surface area contributed by atoms with Gasteiger partial charge >= 0.3 is 0 Å². The minimum Gasteiger partial charge on any atom is -0.122 e. The lowest BCUT2D eigenvalue weighted by atomic mass is 10.1. The van der Waals surface area contributed by atoms with E-state index in [0.717, 1.165) is 0 Å². The van der Waals surface area contributed by atoms with Crippen molar-refractivity contribution < 1.29 is 0 Å². The summed E-state index contributed by atoms with van der Waals surface area (Å²) in [7, 11) is 0. The molecule has 1 aliphatic rings. The predicted molar refractivity (Wildman–Crippen MR) is 60.2 cm³/mol. The lowest BCUT2D eigenvalue weighted by Gasteiger charge is -1.94. The predicted octanol–water partition coefficient (Wildman–Crippen LogP) is 3.91. The number of rotatable bonds is 1. The molecular weight excluding hydrogens is 168 g/mol. The van der Waals surface area contributed by atoms with Crippen LogP contribution in [0, 0.1) is 5.92 Å². The smallest absolute Gasteiger partial charge is 0.0196 e. The zero-order valence-corrected chi connectivity index (χ0v) is 9.04. The van der Waals surface area contributed by atoms with Crippen LogP contribution in [0.1, 0.15) is 32.3 Å². The fourth-order valence-electron chi connectivity index (χ4n) is 2.00. The van der Waals surface area contributed by atoms with Gasteiger partial charge in [0.25, 0.3) is 0 Å². The van der Waals surface area contributed by atoms with Crippen molar-refractivity contribution in [3.05, 3.63) is 52.8 Å². The van der Waals surface area contributed by atoms with Crippen LogP contribution in [-0.4, -0.2) is 0 Å². The minimum atomic E-state index is 0.631. The molecule has 1 aromatic rings. The number of benzene rings is 1. The molecular formula is C14H16. The third kappa shape index (κ3) is 1.66. The Balaban J connectivity index is 2.31. The Hall–Kier alpha value is -1.26. The lowest BCUT2D eigenvalue weighted by molar-refractivity contribution is 0.920. The molecule has 0 heteroatoms. The standard InChI is InChI=1S/C14H16/c1-10(2)9-13-11(3)14(13)12-7-5-4-6-8-12/h4-8,11,14H,1-3H3/t11-,14+/m1/s1. The first-order valence-electron chi connectivity index (χ1n) is 5.19. The highest BCUT2D eigenvalue weighted by Crippen LogP contribution is 2.52. The van der Waals surface area contributed by atoms with Crippen molar-refractivity contribution in [3.8, 4) is 0 Å². The zero-order chi connectivity index (χ0) is 10.1. The van der Waals surface area contributed by atoms with Crippen LogP contribution in [0.3, 0.4) is 0 Å². The molecule has 2 rings (SSSR count). The maximum Gasteiger partial charge on any atom is 0.0196 e. The van der Waals surface area contributed by atoms with Gasteiger partial charge in [-0.05, 0) is 36.5 Å². The molecule has 0 saturated heterocycles. The van der Waals surface area contributed by atoms with Gasteiger partial charge in [0.1, 0.15) is 0 Å². The van der Waals surface area contributed by atoms with E-state index in [1.54, 1.807) is 0 Å². The molecule has 1 saturated carbocycles. The van der Waals surface area contributed by atoms with Gasteiger partial charge in [0.15, 0.2) is 0 Å². The number of hydrogen-bond donors (Lipinski definition) is 0. The zero-order valence-electron chi connectivity index (χ0n) is 9.04. The maximum atomic E-state index is 3.45.